The summed E-state index contributed by atoms with van der Waals surface area (Å²) >= 11 is 0. The van der Waals surface area contributed by atoms with Gasteiger partial charge in [0.1, 0.15) is 17.3 Å². The van der Waals surface area contributed by atoms with Crippen LogP contribution in [-0.2, 0) is 10.0 Å². The zero-order chi connectivity index (χ0) is 22.1. The summed E-state index contributed by atoms with van der Waals surface area (Å²) in [6.45, 7) is 0. The van der Waals surface area contributed by atoms with Crippen molar-refractivity contribution in [2.75, 3.05) is 12.4 Å². The second kappa shape index (κ2) is 8.58. The number of pyridine rings is 1. The molecular weight excluding hydrogens is 427 g/mol. The van der Waals surface area contributed by atoms with Crippen molar-refractivity contribution in [3.8, 4) is 5.75 Å². The average Bonchev–Trinajstić information content (AvgIpc) is 2.67. The van der Waals surface area contributed by atoms with E-state index >= 15 is 0 Å². The molecule has 30 heavy (non-hydrogen) atoms. The summed E-state index contributed by atoms with van der Waals surface area (Å²) in [5, 5.41) is 11.5. The number of halogens is 3. The number of carbonyl (C=O) groups is 1. The molecule has 3 rings (SSSR count). The topological polar surface area (TPSA) is 118 Å². The lowest BCUT2D eigenvalue weighted by atomic mass is 9.91. The highest BCUT2D eigenvalue weighted by atomic mass is 32.2. The highest BCUT2D eigenvalue weighted by molar-refractivity contribution is 7.89. The van der Waals surface area contributed by atoms with Gasteiger partial charge >= 0.3 is 0 Å². The molecule has 1 aliphatic rings. The Kier molecular flexibility index (Phi) is 6.29. The number of nitrogens with one attached hydrogen (secondary N) is 2. The minimum atomic E-state index is -3.98. The van der Waals surface area contributed by atoms with Gasteiger partial charge in [-0.15, -0.1) is 0 Å². The summed E-state index contributed by atoms with van der Waals surface area (Å²) in [6, 6.07) is 4.87. The van der Waals surface area contributed by atoms with Gasteiger partial charge in [0.05, 0.1) is 23.7 Å². The molecule has 1 saturated carbocycles. The van der Waals surface area contributed by atoms with Crippen molar-refractivity contribution in [2.24, 2.45) is 0 Å². The van der Waals surface area contributed by atoms with Gasteiger partial charge < -0.3 is 15.2 Å². The van der Waals surface area contributed by atoms with Crippen LogP contribution in [0.3, 0.4) is 0 Å². The van der Waals surface area contributed by atoms with Gasteiger partial charge in [-0.25, -0.2) is 31.3 Å². The Morgan fingerprint density at radius 2 is 1.97 bits per heavy atom. The van der Waals surface area contributed by atoms with Crippen molar-refractivity contribution < 1.29 is 36.2 Å². The third kappa shape index (κ3) is 4.71. The molecule has 1 aromatic carbocycles. The van der Waals surface area contributed by atoms with E-state index in [2.05, 4.69) is 15.0 Å². The molecule has 162 valence electrons. The summed E-state index contributed by atoms with van der Waals surface area (Å²) in [6.07, 6.45) is -3.17. The van der Waals surface area contributed by atoms with E-state index in [-0.39, 0.29) is 34.9 Å². The van der Waals surface area contributed by atoms with Crippen molar-refractivity contribution >= 4 is 21.7 Å². The molecule has 0 radical (unpaired) electrons. The van der Waals surface area contributed by atoms with Crippen molar-refractivity contribution in [3.05, 3.63) is 47.4 Å². The fourth-order valence-electron chi connectivity index (χ4n) is 2.87. The molecule has 1 aliphatic carbocycles. The Morgan fingerprint density at radius 3 is 2.57 bits per heavy atom. The number of aromatic nitrogens is 1. The third-order valence-corrected chi connectivity index (χ3v) is 6.00. The number of alkyl halides is 2. The van der Waals surface area contributed by atoms with Gasteiger partial charge in [-0.1, -0.05) is 0 Å². The third-order valence-electron chi connectivity index (χ3n) is 4.48. The molecule has 1 amide bonds. The molecule has 1 aromatic heterocycles. The van der Waals surface area contributed by atoms with Crippen molar-refractivity contribution in [1.29, 1.82) is 0 Å². The van der Waals surface area contributed by atoms with E-state index in [9.17, 15) is 31.5 Å². The number of nitrogens with zero attached hydrogens (tertiary/aromatic N) is 1. The van der Waals surface area contributed by atoms with Crippen LogP contribution >= 0.6 is 0 Å². The van der Waals surface area contributed by atoms with Gasteiger partial charge in [-0.2, -0.15) is 0 Å². The van der Waals surface area contributed by atoms with Crippen LogP contribution in [0, 0.1) is 5.82 Å². The number of sulfonamides is 1. The summed E-state index contributed by atoms with van der Waals surface area (Å²) in [5.41, 5.74) is -1.32. The average molecular weight is 445 g/mol. The standard InChI is InChI=1S/C18H18F3N3O5S/c1-29-14-4-2-11(30(27,28)24-9-6-10(25)7-9)8-12(14)18(26)23-15-5-3-13(19)16(22-15)17(20)21/h2-5,8-10,17,24-25H,6-7H2,1H3,(H,22,23,26)/t9-,10-. The van der Waals surface area contributed by atoms with Crippen molar-refractivity contribution in [3.63, 3.8) is 0 Å². The predicted molar refractivity (Wildman–Crippen MR) is 99.4 cm³/mol. The zero-order valence-corrected chi connectivity index (χ0v) is 16.4. The largest absolute Gasteiger partial charge is 0.496 e. The van der Waals surface area contributed by atoms with E-state index in [1.165, 1.54) is 19.2 Å². The van der Waals surface area contributed by atoms with Crippen LogP contribution in [0.5, 0.6) is 5.75 Å². The zero-order valence-electron chi connectivity index (χ0n) is 15.6. The number of hydrogen-bond acceptors (Lipinski definition) is 6. The van der Waals surface area contributed by atoms with E-state index in [1.54, 1.807) is 0 Å². The first-order valence-corrected chi connectivity index (χ1v) is 10.2. The van der Waals surface area contributed by atoms with Gasteiger partial charge in [0, 0.05) is 6.04 Å². The number of carbonyl (C=O) groups excluding carboxylic acids is 1. The molecule has 1 heterocycles. The van der Waals surface area contributed by atoms with E-state index in [0.717, 1.165) is 18.2 Å². The SMILES string of the molecule is COc1ccc(S(=O)(=O)N[C@H]2C[C@H](O)C2)cc1C(=O)Nc1ccc(F)c(C(F)F)n1. The molecule has 2 aromatic rings. The Morgan fingerprint density at radius 1 is 1.27 bits per heavy atom. The van der Waals surface area contributed by atoms with E-state index < -0.39 is 46.0 Å². The lowest BCUT2D eigenvalue weighted by Gasteiger charge is -2.31. The summed E-state index contributed by atoms with van der Waals surface area (Å²) < 4.78 is 71.5. The van der Waals surface area contributed by atoms with Gasteiger partial charge in [-0.05, 0) is 43.2 Å². The van der Waals surface area contributed by atoms with Gasteiger partial charge in [0.25, 0.3) is 12.3 Å². The number of rotatable bonds is 7. The second-order valence-electron chi connectivity index (χ2n) is 6.62. The first-order chi connectivity index (χ1) is 14.1. The smallest absolute Gasteiger partial charge is 0.283 e. The number of amides is 1. The lowest BCUT2D eigenvalue weighted by molar-refractivity contribution is 0.0712. The Labute approximate surface area is 170 Å². The van der Waals surface area contributed by atoms with Gasteiger partial charge in [-0.3, -0.25) is 4.79 Å². The molecule has 0 bridgehead atoms. The number of hydrogen-bond donors (Lipinski definition) is 3. The van der Waals surface area contributed by atoms with Gasteiger partial charge in [0.2, 0.25) is 10.0 Å². The predicted octanol–water partition coefficient (Wildman–Crippen LogP) is 2.22. The quantitative estimate of drug-likeness (QED) is 0.602. The first kappa shape index (κ1) is 22.0. The fraction of sp³-hybridized carbons (Fsp3) is 0.333. The van der Waals surface area contributed by atoms with Crippen molar-refractivity contribution in [1.82, 2.24) is 9.71 Å². The van der Waals surface area contributed by atoms with Crippen LogP contribution in [0.1, 0.15) is 35.3 Å². The highest BCUT2D eigenvalue weighted by Crippen LogP contribution is 2.27. The molecule has 8 nitrogen and oxygen atoms in total. The highest BCUT2D eigenvalue weighted by Gasteiger charge is 2.32. The van der Waals surface area contributed by atoms with E-state index in [4.69, 9.17) is 4.74 Å². The number of benzene rings is 1. The number of aliphatic hydroxyl groups excluding tert-OH is 1. The molecular formula is C18H18F3N3O5S. The summed E-state index contributed by atoms with van der Waals surface area (Å²) in [5.74, 6) is -2.42. The molecule has 0 spiro atoms. The number of methoxy groups -OCH3 is 1. The maximum Gasteiger partial charge on any atom is 0.283 e. The van der Waals surface area contributed by atoms with E-state index in [0.29, 0.717) is 0 Å². The maximum absolute atomic E-state index is 13.4. The maximum atomic E-state index is 13.4. The summed E-state index contributed by atoms with van der Waals surface area (Å²) in [4.78, 5) is 15.8. The molecule has 0 aliphatic heterocycles. The molecule has 0 saturated heterocycles. The summed E-state index contributed by atoms with van der Waals surface area (Å²) in [7, 11) is -2.72. The Hall–Kier alpha value is -2.70. The molecule has 0 unspecified atom stereocenters. The van der Waals surface area contributed by atoms with Crippen LogP contribution in [0.4, 0.5) is 19.0 Å². The number of anilines is 1. The van der Waals surface area contributed by atoms with Crippen LogP contribution in [0.25, 0.3) is 0 Å². The van der Waals surface area contributed by atoms with Crippen LogP contribution in [0.15, 0.2) is 35.2 Å². The normalized spacial score (nSPS) is 18.7. The Balaban J connectivity index is 1.86. The molecule has 12 heteroatoms. The fourth-order valence-corrected chi connectivity index (χ4v) is 4.15. The van der Waals surface area contributed by atoms with E-state index in [1.807, 2.05) is 0 Å². The molecule has 1 fully saturated rings. The monoisotopic (exact) mass is 445 g/mol. The van der Waals surface area contributed by atoms with Crippen LogP contribution in [-0.4, -0.2) is 43.7 Å². The minimum absolute atomic E-state index is 0.0294. The molecule has 0 atom stereocenters. The lowest BCUT2D eigenvalue weighted by Crippen LogP contribution is -2.46. The first-order valence-electron chi connectivity index (χ1n) is 8.75. The number of aliphatic hydroxyl groups is 1. The second-order valence-corrected chi connectivity index (χ2v) is 8.34. The van der Waals surface area contributed by atoms with Crippen LogP contribution in [0.2, 0.25) is 0 Å². The molecule has 3 N–H and O–H groups in total. The Bertz CT molecular complexity index is 1060. The van der Waals surface area contributed by atoms with Gasteiger partial charge in [0.15, 0.2) is 5.82 Å². The minimum Gasteiger partial charge on any atom is -0.496 e. The number of ether oxygens (including phenoxy) is 1. The van der Waals surface area contributed by atoms with Crippen molar-refractivity contribution in [2.45, 2.75) is 36.3 Å². The van der Waals surface area contributed by atoms with Crippen LogP contribution < -0.4 is 14.8 Å².